The molecule has 0 aromatic carbocycles. The van der Waals surface area contributed by atoms with Crippen LogP contribution in [-0.2, 0) is 28.4 Å². The van der Waals surface area contributed by atoms with E-state index in [-0.39, 0.29) is 71.9 Å². The first-order valence-electron chi connectivity index (χ1n) is 32.6. The van der Waals surface area contributed by atoms with Crippen molar-refractivity contribution in [2.45, 2.75) is 123 Å². The molecule has 3 aliphatic heterocycles. The highest BCUT2D eigenvalue weighted by atomic mass is 16.8. The van der Waals surface area contributed by atoms with Crippen LogP contribution in [0.5, 0.6) is 0 Å². The Morgan fingerprint density at radius 2 is 0.635 bits per heavy atom. The summed E-state index contributed by atoms with van der Waals surface area (Å²) in [6, 6.07) is -10.9. The first-order chi connectivity index (χ1) is 46.4. The van der Waals surface area contributed by atoms with Gasteiger partial charge in [-0.3, -0.25) is 0 Å². The smallest absolute Gasteiger partial charge is 0.315 e. The summed E-state index contributed by atoms with van der Waals surface area (Å²) in [5, 5.41) is 132. The molecule has 1 saturated carbocycles. The minimum absolute atomic E-state index is 0.0388. The predicted octanol–water partition coefficient (Wildman–Crippen LogP) is -15.6. The predicted molar refractivity (Wildman–Crippen MR) is 344 cm³/mol. The molecule has 3 heterocycles. The summed E-state index contributed by atoms with van der Waals surface area (Å²) in [7, 11) is 0. The fourth-order valence-electron chi connectivity index (χ4n) is 10.5. The van der Waals surface area contributed by atoms with E-state index in [0.717, 1.165) is 0 Å². The lowest BCUT2D eigenvalue weighted by atomic mass is 9.83. The van der Waals surface area contributed by atoms with E-state index < -0.39 is 172 Å². The molecule has 19 atom stereocenters. The highest BCUT2D eigenvalue weighted by Gasteiger charge is 2.57. The largest absolute Gasteiger partial charge is 0.394 e. The Bertz CT molecular complexity index is 2190. The molecule has 1 aliphatic carbocycles. The van der Waals surface area contributed by atoms with Gasteiger partial charge in [0, 0.05) is 170 Å². The first kappa shape index (κ1) is 83.0. The van der Waals surface area contributed by atoms with Gasteiger partial charge in [0.25, 0.3) is 0 Å². The van der Waals surface area contributed by atoms with Gasteiger partial charge in [-0.05, 0) is 6.42 Å². The molecule has 558 valence electrons. The van der Waals surface area contributed by atoms with Crippen LogP contribution in [0, 0.1) is 0 Å². The molecule has 4 aliphatic rings. The number of urea groups is 6. The van der Waals surface area contributed by atoms with Gasteiger partial charge < -0.3 is 194 Å². The van der Waals surface area contributed by atoms with Crippen LogP contribution in [0.15, 0.2) is 0 Å². The van der Waals surface area contributed by atoms with Gasteiger partial charge >= 0.3 is 36.2 Å². The minimum atomic E-state index is -2.05. The summed E-state index contributed by atoms with van der Waals surface area (Å²) >= 11 is 0. The van der Waals surface area contributed by atoms with E-state index in [4.69, 9.17) is 62.8 Å². The summed E-state index contributed by atoms with van der Waals surface area (Å²) in [5.41, 5.74) is 33.5. The van der Waals surface area contributed by atoms with Crippen molar-refractivity contribution in [2.75, 3.05) is 177 Å². The molecule has 19 unspecified atom stereocenters. The molecule has 0 spiro atoms. The molecule has 3 saturated heterocycles. The molecule has 0 radical (unpaired) electrons. The van der Waals surface area contributed by atoms with Crippen molar-refractivity contribution in [1.82, 2.24) is 95.7 Å². The monoisotopic (exact) mass is 1390 g/mol. The molecule has 96 heavy (non-hydrogen) atoms. The Balaban J connectivity index is 1.79. The number of nitrogens with one attached hydrogen (secondary N) is 18. The molecule has 0 bridgehead atoms. The van der Waals surface area contributed by atoms with Crippen LogP contribution in [0.3, 0.4) is 0 Å². The van der Waals surface area contributed by atoms with E-state index in [1.54, 1.807) is 0 Å². The van der Waals surface area contributed by atoms with Crippen molar-refractivity contribution in [3.63, 3.8) is 0 Å². The van der Waals surface area contributed by atoms with Crippen LogP contribution in [0.2, 0.25) is 0 Å². The maximum Gasteiger partial charge on any atom is 0.315 e. The molecule has 43 heteroatoms. The maximum atomic E-state index is 14.0. The Hall–Kier alpha value is -5.38. The first-order valence-corrected chi connectivity index (χ1v) is 32.6. The second-order valence-electron chi connectivity index (χ2n) is 22.7. The molecule has 37 N–H and O–H groups in total. The van der Waals surface area contributed by atoms with Crippen molar-refractivity contribution in [3.8, 4) is 0 Å². The lowest BCUT2D eigenvalue weighted by Crippen LogP contribution is -2.71. The second kappa shape index (κ2) is 47.6. The van der Waals surface area contributed by atoms with Crippen LogP contribution in [0.25, 0.3) is 0 Å². The van der Waals surface area contributed by atoms with Crippen molar-refractivity contribution < 1.29 is 92.9 Å². The number of hydrogen-bond acceptors (Lipinski definition) is 31. The summed E-state index contributed by atoms with van der Waals surface area (Å²) in [4.78, 5) is 80.6. The molecule has 12 amide bonds. The average Bonchev–Trinajstić information content (AvgIpc) is 1.20. The van der Waals surface area contributed by atoms with Gasteiger partial charge in [0.1, 0.15) is 85.3 Å². The van der Waals surface area contributed by atoms with Crippen LogP contribution in [0.4, 0.5) is 28.8 Å². The van der Waals surface area contributed by atoms with E-state index in [1.807, 2.05) is 0 Å². The van der Waals surface area contributed by atoms with Gasteiger partial charge in [-0.15, -0.1) is 0 Å². The topological polar surface area (TPSA) is 672 Å². The summed E-state index contributed by atoms with van der Waals surface area (Å²) in [5.74, 6) is 0. The van der Waals surface area contributed by atoms with Crippen LogP contribution in [-0.4, -0.2) is 365 Å². The third-order valence-electron chi connectivity index (χ3n) is 15.3. The molecule has 43 nitrogen and oxygen atoms in total. The molecule has 0 aromatic rings. The number of aliphatic hydroxyl groups is 7. The van der Waals surface area contributed by atoms with Crippen LogP contribution >= 0.6 is 0 Å². The zero-order valence-electron chi connectivity index (χ0n) is 54.3. The number of aliphatic hydroxyl groups excluding tert-OH is 7. The van der Waals surface area contributed by atoms with Gasteiger partial charge in [0.2, 0.25) is 0 Å². The third kappa shape index (κ3) is 29.2. The number of carbonyl (C=O) groups is 6. The average molecular weight is 1390 g/mol. The van der Waals surface area contributed by atoms with Crippen LogP contribution in [0.1, 0.15) is 6.42 Å². The van der Waals surface area contributed by atoms with Gasteiger partial charge in [-0.2, -0.15) is 0 Å². The Morgan fingerprint density at radius 3 is 0.990 bits per heavy atom. The van der Waals surface area contributed by atoms with Crippen molar-refractivity contribution >= 4 is 36.2 Å². The zero-order valence-corrected chi connectivity index (χ0v) is 54.3. The van der Waals surface area contributed by atoms with E-state index >= 15 is 0 Å². The summed E-state index contributed by atoms with van der Waals surface area (Å²) < 4.78 is 38.2. The minimum Gasteiger partial charge on any atom is -0.394 e. The molecule has 0 aromatic heterocycles. The Labute approximate surface area is 557 Å². The van der Waals surface area contributed by atoms with Gasteiger partial charge in [-0.1, -0.05) is 0 Å². The van der Waals surface area contributed by atoms with Gasteiger partial charge in [-0.25, -0.2) is 28.8 Å². The quantitative estimate of drug-likeness (QED) is 0.0252. The lowest BCUT2D eigenvalue weighted by Gasteiger charge is -2.49. The maximum absolute atomic E-state index is 14.0. The molecular formula is C53H112N24O19. The Kier molecular flexibility index (Phi) is 41.2. The highest BCUT2D eigenvalue weighted by Crippen LogP contribution is 2.36. The highest BCUT2D eigenvalue weighted by molar-refractivity contribution is 5.76. The van der Waals surface area contributed by atoms with Crippen molar-refractivity contribution in [3.05, 3.63) is 0 Å². The number of nitrogens with two attached hydrogens (primary N) is 6. The molecular weight excluding hydrogens is 1280 g/mol. The van der Waals surface area contributed by atoms with E-state index in [2.05, 4.69) is 95.7 Å². The van der Waals surface area contributed by atoms with Gasteiger partial charge in [0.05, 0.1) is 18.7 Å². The standard InChI is InChI=1S/C53H112N24O19/c54-1-7-60-13-19-66-48(85)72-26-31-37(80)39(82)34(76-52(89)70-23-17-64-11-5-58)45(91-31)94-42-30(75-51(88)69-22-16-63-10-4-57)25-29(74-50(87)68-21-15-62-9-3-56)36(79)44(42)96-47-41(84)43(33(28-78)93-47)95-46-35(77-53(90)71-24-18-65-12-6-59)40(83)38(81)32(92-46)27-73-49(86)67-20-14-61-8-2-55/h29-47,60-65,78-84H,1-28,54-59H2,(H2,66,72,85)(H2,67,73,86)(H2,68,74,87)(H2,69,75,88)(H2,70,76,89)(H2,71,77,90). The van der Waals surface area contributed by atoms with Crippen molar-refractivity contribution in [1.29, 1.82) is 0 Å². The summed E-state index contributed by atoms with van der Waals surface area (Å²) in [6.45, 7) is 5.17. The number of rotatable bonds is 45. The second-order valence-corrected chi connectivity index (χ2v) is 22.7. The Morgan fingerprint density at radius 1 is 0.323 bits per heavy atom. The lowest BCUT2D eigenvalue weighted by molar-refractivity contribution is -0.310. The van der Waals surface area contributed by atoms with Crippen LogP contribution < -0.4 is 130 Å². The zero-order chi connectivity index (χ0) is 70.2. The fraction of sp³-hybridized carbons (Fsp3) is 0.887. The third-order valence-corrected chi connectivity index (χ3v) is 15.3. The summed E-state index contributed by atoms with van der Waals surface area (Å²) in [6.07, 6.45) is -27.6. The van der Waals surface area contributed by atoms with Crippen molar-refractivity contribution in [2.24, 2.45) is 34.4 Å². The fourth-order valence-corrected chi connectivity index (χ4v) is 10.5. The van der Waals surface area contributed by atoms with Gasteiger partial charge in [0.15, 0.2) is 18.9 Å². The van der Waals surface area contributed by atoms with E-state index in [0.29, 0.717) is 91.6 Å². The number of hydrogen-bond donors (Lipinski definition) is 31. The van der Waals surface area contributed by atoms with E-state index in [1.165, 1.54) is 0 Å². The number of carbonyl (C=O) groups excluding carboxylic acids is 6. The molecule has 4 rings (SSSR count). The number of amides is 12. The number of ether oxygens (including phenoxy) is 6. The normalized spacial score (nSPS) is 29.5. The SMILES string of the molecule is NCCNCCNC(=O)NCC1OC(OC2C(CO)OC(OC3C(O)C(NC(=O)NCCNCCN)CC(NC(=O)NCCNCCN)C3OC3OC(CNC(=O)NCCNCCN)C(O)C(O)C3NC(=O)NCCNCCN)C2O)C(NC(=O)NCCNCCN)C(O)C1O. The van der Waals surface area contributed by atoms with E-state index in [9.17, 15) is 64.5 Å². The molecule has 4 fully saturated rings.